The van der Waals surface area contributed by atoms with Gasteiger partial charge in [0.1, 0.15) is 0 Å². The van der Waals surface area contributed by atoms with Crippen LogP contribution in [0.25, 0.3) is 0 Å². The first kappa shape index (κ1) is 18.5. The molecule has 0 saturated carbocycles. The molecule has 0 spiro atoms. The zero-order chi connectivity index (χ0) is 16.5. The lowest BCUT2D eigenvalue weighted by Crippen LogP contribution is -2.11. The Morgan fingerprint density at radius 3 is 2.18 bits per heavy atom. The topological polar surface area (TPSA) is 50.7 Å². The fourth-order valence-electron chi connectivity index (χ4n) is 1.32. The molecule has 1 aromatic heterocycles. The lowest BCUT2D eigenvalue weighted by molar-refractivity contribution is 0.830. The summed E-state index contributed by atoms with van der Waals surface area (Å²) in [4.78, 5) is 12.9. The third kappa shape index (κ3) is 4.57. The Hall–Kier alpha value is 0.120. The molecule has 0 aliphatic heterocycles. The van der Waals surface area contributed by atoms with Crippen molar-refractivity contribution < 1.29 is 0 Å². The smallest absolute Gasteiger partial charge is 0.250 e. The molecule has 1 aromatic carbocycles. The lowest BCUT2D eigenvalue weighted by Gasteiger charge is -2.12. The van der Waals surface area contributed by atoms with E-state index in [4.69, 9.17) is 69.6 Å². The van der Waals surface area contributed by atoms with Crippen LogP contribution in [0.3, 0.4) is 0 Å². The van der Waals surface area contributed by atoms with Gasteiger partial charge in [-0.15, -0.1) is 0 Å². The van der Waals surface area contributed by atoms with Gasteiger partial charge in [-0.1, -0.05) is 69.6 Å². The molecule has 0 fully saturated rings. The van der Waals surface area contributed by atoms with Gasteiger partial charge in [0.25, 0.3) is 0 Å². The number of nitrogens with zero attached hydrogens (tertiary/aromatic N) is 3. The van der Waals surface area contributed by atoms with Gasteiger partial charge in [-0.05, 0) is 23.9 Å². The predicted octanol–water partition coefficient (Wildman–Crippen LogP) is 5.85. The summed E-state index contributed by atoms with van der Waals surface area (Å²) < 4.78 is -1.77. The maximum Gasteiger partial charge on any atom is 0.250 e. The molecule has 0 unspecified atom stereocenters. The van der Waals surface area contributed by atoms with Gasteiger partial charge >= 0.3 is 0 Å². The average molecular weight is 439 g/mol. The number of anilines is 1. The molecule has 11 heteroatoms. The van der Waals surface area contributed by atoms with Crippen LogP contribution in [0.15, 0.2) is 22.2 Å². The van der Waals surface area contributed by atoms with Crippen LogP contribution in [-0.2, 0) is 3.79 Å². The fraction of sp³-hybridized carbons (Fsp3) is 0.182. The Balaban J connectivity index is 2.43. The zero-order valence-electron chi connectivity index (χ0n) is 10.7. The maximum absolute atomic E-state index is 6.13. The van der Waals surface area contributed by atoms with Crippen LogP contribution < -0.4 is 5.32 Å². The first-order chi connectivity index (χ1) is 10.2. The Labute approximate surface area is 160 Å². The van der Waals surface area contributed by atoms with E-state index in [1.165, 1.54) is 6.07 Å². The molecule has 22 heavy (non-hydrogen) atoms. The molecule has 2 aromatic rings. The van der Waals surface area contributed by atoms with Crippen molar-refractivity contribution >= 4 is 87.3 Å². The van der Waals surface area contributed by atoms with Gasteiger partial charge in [-0.2, -0.15) is 9.97 Å². The fourth-order valence-corrected chi connectivity index (χ4v) is 3.10. The predicted molar refractivity (Wildman–Crippen MR) is 94.2 cm³/mol. The molecule has 1 heterocycles. The molecule has 0 aliphatic rings. The number of aromatic nitrogens is 3. The van der Waals surface area contributed by atoms with E-state index in [0.717, 1.165) is 11.8 Å². The number of alkyl halides is 3. The van der Waals surface area contributed by atoms with Crippen molar-refractivity contribution in [3.63, 3.8) is 0 Å². The number of nitrogens with one attached hydrogen (secondary N) is 1. The highest BCUT2D eigenvalue weighted by Gasteiger charge is 2.28. The highest BCUT2D eigenvalue weighted by molar-refractivity contribution is 7.99. The minimum absolute atomic E-state index is 0.00414. The van der Waals surface area contributed by atoms with Gasteiger partial charge < -0.3 is 5.32 Å². The second kappa shape index (κ2) is 7.34. The summed E-state index contributed by atoms with van der Waals surface area (Å²) >= 11 is 36.6. The monoisotopic (exact) mass is 436 g/mol. The number of hydrogen-bond donors (Lipinski definition) is 1. The number of benzene rings is 1. The van der Waals surface area contributed by atoms with Crippen LogP contribution in [0.4, 0.5) is 5.95 Å². The van der Waals surface area contributed by atoms with Gasteiger partial charge in [0, 0.05) is 11.9 Å². The van der Waals surface area contributed by atoms with E-state index in [2.05, 4.69) is 20.3 Å². The Morgan fingerprint density at radius 1 is 0.955 bits per heavy atom. The van der Waals surface area contributed by atoms with Gasteiger partial charge in [-0.3, -0.25) is 0 Å². The molecule has 0 atom stereocenters. The van der Waals surface area contributed by atoms with E-state index in [-0.39, 0.29) is 11.8 Å². The maximum atomic E-state index is 6.13. The van der Waals surface area contributed by atoms with Crippen molar-refractivity contribution in [3.8, 4) is 0 Å². The first-order valence-corrected chi connectivity index (χ1v) is 8.62. The number of rotatable bonds is 3. The van der Waals surface area contributed by atoms with Gasteiger partial charge in [0.15, 0.2) is 11.0 Å². The van der Waals surface area contributed by atoms with Crippen LogP contribution in [0.1, 0.15) is 5.82 Å². The van der Waals surface area contributed by atoms with E-state index in [1.807, 2.05) is 0 Å². The number of hydrogen-bond acceptors (Lipinski definition) is 5. The first-order valence-electron chi connectivity index (χ1n) is 5.54. The SMILES string of the molecule is CNc1nc(Sc2cc(Cl)c(Cl)cc2Cl)nc(C(Cl)(Cl)Cl)n1. The second-order valence-corrected chi connectivity index (χ2v) is 8.32. The average Bonchev–Trinajstić information content (AvgIpc) is 2.43. The van der Waals surface area contributed by atoms with Crippen molar-refractivity contribution in [3.05, 3.63) is 33.0 Å². The molecule has 4 nitrogen and oxygen atoms in total. The minimum atomic E-state index is -1.77. The van der Waals surface area contributed by atoms with Crippen molar-refractivity contribution in [1.29, 1.82) is 0 Å². The van der Waals surface area contributed by atoms with Gasteiger partial charge in [0.2, 0.25) is 9.74 Å². The normalized spacial score (nSPS) is 11.6. The van der Waals surface area contributed by atoms with Crippen molar-refractivity contribution in [2.75, 3.05) is 12.4 Å². The van der Waals surface area contributed by atoms with Crippen molar-refractivity contribution in [2.24, 2.45) is 0 Å². The molecule has 2 rings (SSSR count). The molecular weight excluding hydrogens is 433 g/mol. The molecule has 0 radical (unpaired) electrons. The molecule has 0 saturated heterocycles. The molecular formula is C11H6Cl6N4S. The summed E-state index contributed by atoms with van der Waals surface area (Å²) in [6.07, 6.45) is 0. The van der Waals surface area contributed by atoms with Crippen LogP contribution >= 0.6 is 81.4 Å². The summed E-state index contributed by atoms with van der Waals surface area (Å²) in [6.45, 7) is 0. The Kier molecular flexibility index (Phi) is 6.16. The molecule has 0 bridgehead atoms. The van der Waals surface area contributed by atoms with Gasteiger partial charge in [-0.25, -0.2) is 4.98 Å². The largest absolute Gasteiger partial charge is 0.357 e. The molecule has 0 aliphatic carbocycles. The summed E-state index contributed by atoms with van der Waals surface area (Å²) in [5.74, 6) is 0.255. The quantitative estimate of drug-likeness (QED) is 0.481. The Morgan fingerprint density at radius 2 is 1.59 bits per heavy atom. The number of halogens is 6. The standard InChI is InChI=1S/C11H6Cl6N4S/c1-18-9-19-8(11(15,16)17)20-10(21-9)22-7-3-5(13)4(12)2-6(7)14/h2-3H,1H3,(H,18,19,20,21). The van der Waals surface area contributed by atoms with Crippen LogP contribution in [0, 0.1) is 0 Å². The zero-order valence-corrected chi connectivity index (χ0v) is 16.0. The third-order valence-corrected chi connectivity index (χ3v) is 4.84. The molecule has 1 N–H and O–H groups in total. The highest BCUT2D eigenvalue weighted by Crippen LogP contribution is 2.40. The summed E-state index contributed by atoms with van der Waals surface area (Å²) in [5.41, 5.74) is 0. The van der Waals surface area contributed by atoms with Crippen LogP contribution in [0.2, 0.25) is 15.1 Å². The van der Waals surface area contributed by atoms with Crippen molar-refractivity contribution in [2.45, 2.75) is 13.8 Å². The summed E-state index contributed by atoms with van der Waals surface area (Å²) in [5, 5.41) is 4.18. The van der Waals surface area contributed by atoms with E-state index >= 15 is 0 Å². The molecule has 0 amide bonds. The second-order valence-electron chi connectivity index (χ2n) is 3.81. The van der Waals surface area contributed by atoms with E-state index in [0.29, 0.717) is 25.1 Å². The Bertz CT molecular complexity index is 706. The summed E-state index contributed by atoms with van der Waals surface area (Å²) in [6, 6.07) is 3.14. The van der Waals surface area contributed by atoms with E-state index in [1.54, 1.807) is 13.1 Å². The van der Waals surface area contributed by atoms with Crippen LogP contribution in [0.5, 0.6) is 0 Å². The van der Waals surface area contributed by atoms with Crippen molar-refractivity contribution in [1.82, 2.24) is 15.0 Å². The van der Waals surface area contributed by atoms with E-state index < -0.39 is 3.79 Å². The third-order valence-electron chi connectivity index (χ3n) is 2.27. The van der Waals surface area contributed by atoms with Gasteiger partial charge in [0.05, 0.1) is 15.1 Å². The lowest BCUT2D eigenvalue weighted by atomic mass is 10.4. The minimum Gasteiger partial charge on any atom is -0.357 e. The molecule has 118 valence electrons. The van der Waals surface area contributed by atoms with E-state index in [9.17, 15) is 0 Å². The highest BCUT2D eigenvalue weighted by atomic mass is 35.6. The van der Waals surface area contributed by atoms with Crippen LogP contribution in [-0.4, -0.2) is 22.0 Å². The summed E-state index contributed by atoms with van der Waals surface area (Å²) in [7, 11) is 1.64.